The van der Waals surface area contributed by atoms with Gasteiger partial charge in [0, 0.05) is 11.5 Å². The summed E-state index contributed by atoms with van der Waals surface area (Å²) in [5.41, 5.74) is 0.878. The van der Waals surface area contributed by atoms with Gasteiger partial charge in [-0.1, -0.05) is 53.9 Å². The molecule has 1 aliphatic rings. The van der Waals surface area contributed by atoms with E-state index in [0.29, 0.717) is 5.75 Å². The summed E-state index contributed by atoms with van der Waals surface area (Å²) in [4.78, 5) is 27.9. The van der Waals surface area contributed by atoms with Crippen LogP contribution in [0.4, 0.5) is 4.79 Å². The van der Waals surface area contributed by atoms with E-state index in [2.05, 4.69) is 10.3 Å². The number of hydrogen-bond acceptors (Lipinski definition) is 7. The molecule has 1 aromatic carbocycles. The minimum Gasteiger partial charge on any atom is -0.467 e. The summed E-state index contributed by atoms with van der Waals surface area (Å²) in [7, 11) is 1.29. The number of carbonyl (C=O) groups is 2. The van der Waals surface area contributed by atoms with Gasteiger partial charge in [-0.15, -0.1) is 0 Å². The highest BCUT2D eigenvalue weighted by molar-refractivity contribution is 8.39. The predicted molar refractivity (Wildman–Crippen MR) is 92.8 cm³/mol. The molecule has 0 radical (unpaired) electrons. The van der Waals surface area contributed by atoms with E-state index in [1.54, 1.807) is 11.8 Å². The zero-order chi connectivity index (χ0) is 16.5. The number of ether oxygens (including phenoxy) is 2. The molecule has 0 aliphatic carbocycles. The summed E-state index contributed by atoms with van der Waals surface area (Å²) in [6.07, 6.45) is -0.647. The van der Waals surface area contributed by atoms with Crippen LogP contribution >= 0.6 is 23.5 Å². The van der Waals surface area contributed by atoms with Gasteiger partial charge in [-0.2, -0.15) is 0 Å². The molecular formula is C15H18N2O4S2. The van der Waals surface area contributed by atoms with E-state index in [-0.39, 0.29) is 6.61 Å². The Morgan fingerprint density at radius 1 is 1.39 bits per heavy atom. The van der Waals surface area contributed by atoms with Crippen LogP contribution in [0.25, 0.3) is 0 Å². The molecule has 8 heteroatoms. The van der Waals surface area contributed by atoms with Crippen LogP contribution in [0, 0.1) is 0 Å². The van der Waals surface area contributed by atoms with Crippen molar-refractivity contribution in [3.8, 4) is 0 Å². The normalized spacial score (nSPS) is 14.7. The SMILES string of the molecule is COC(=O)C(CSC1=NCCS1)NC(=O)OCc1ccccc1. The largest absolute Gasteiger partial charge is 0.467 e. The lowest BCUT2D eigenvalue weighted by atomic mass is 10.2. The number of carbonyl (C=O) groups excluding carboxylic acids is 2. The molecule has 1 N–H and O–H groups in total. The molecule has 1 aromatic rings. The monoisotopic (exact) mass is 354 g/mol. The molecule has 1 unspecified atom stereocenters. The zero-order valence-corrected chi connectivity index (χ0v) is 14.3. The lowest BCUT2D eigenvalue weighted by Gasteiger charge is -2.16. The van der Waals surface area contributed by atoms with Crippen molar-refractivity contribution in [3.63, 3.8) is 0 Å². The third-order valence-corrected chi connectivity index (χ3v) is 5.27. The Morgan fingerprint density at radius 2 is 2.17 bits per heavy atom. The first-order chi connectivity index (χ1) is 11.2. The van der Waals surface area contributed by atoms with Gasteiger partial charge >= 0.3 is 12.1 Å². The van der Waals surface area contributed by atoms with Crippen molar-refractivity contribution in [2.75, 3.05) is 25.2 Å². The molecule has 1 amide bonds. The third-order valence-electron chi connectivity index (χ3n) is 2.92. The number of alkyl carbamates (subject to hydrolysis) is 1. The van der Waals surface area contributed by atoms with Gasteiger partial charge in [0.15, 0.2) is 0 Å². The first kappa shape index (κ1) is 17.7. The molecule has 23 heavy (non-hydrogen) atoms. The van der Waals surface area contributed by atoms with Crippen molar-refractivity contribution in [1.82, 2.24) is 5.32 Å². The number of methoxy groups -OCH3 is 1. The first-order valence-electron chi connectivity index (χ1n) is 7.04. The van der Waals surface area contributed by atoms with Crippen LogP contribution < -0.4 is 5.32 Å². The minimum atomic E-state index is -0.767. The second-order valence-electron chi connectivity index (χ2n) is 4.59. The molecule has 1 atom stereocenters. The average Bonchev–Trinajstić information content (AvgIpc) is 3.10. The van der Waals surface area contributed by atoms with Gasteiger partial charge < -0.3 is 14.8 Å². The number of esters is 1. The quantitative estimate of drug-likeness (QED) is 0.790. The Bertz CT molecular complexity index is 566. The Morgan fingerprint density at radius 3 is 2.83 bits per heavy atom. The lowest BCUT2D eigenvalue weighted by Crippen LogP contribution is -2.43. The van der Waals surface area contributed by atoms with E-state index >= 15 is 0 Å². The van der Waals surface area contributed by atoms with Crippen molar-refractivity contribution in [2.24, 2.45) is 4.99 Å². The average molecular weight is 354 g/mol. The standard InChI is InChI=1S/C15H18N2O4S2/c1-20-13(18)12(10-23-15-16-7-8-22-15)17-14(19)21-9-11-5-3-2-4-6-11/h2-6,12H,7-10H2,1H3,(H,17,19). The molecule has 0 saturated carbocycles. The highest BCUT2D eigenvalue weighted by atomic mass is 32.2. The van der Waals surface area contributed by atoms with E-state index in [9.17, 15) is 9.59 Å². The van der Waals surface area contributed by atoms with Crippen LogP contribution in [0.5, 0.6) is 0 Å². The lowest BCUT2D eigenvalue weighted by molar-refractivity contribution is -0.142. The van der Waals surface area contributed by atoms with E-state index in [1.807, 2.05) is 30.3 Å². The molecule has 2 rings (SSSR count). The van der Waals surface area contributed by atoms with E-state index < -0.39 is 18.1 Å². The van der Waals surface area contributed by atoms with Gasteiger partial charge in [-0.25, -0.2) is 9.59 Å². The second kappa shape index (κ2) is 9.46. The zero-order valence-electron chi connectivity index (χ0n) is 12.7. The van der Waals surface area contributed by atoms with Crippen molar-refractivity contribution < 1.29 is 19.1 Å². The van der Waals surface area contributed by atoms with Crippen LogP contribution in [-0.2, 0) is 20.9 Å². The highest BCUT2D eigenvalue weighted by Crippen LogP contribution is 2.22. The number of aliphatic imine (C=N–C) groups is 1. The molecule has 0 spiro atoms. The number of nitrogens with zero attached hydrogens (tertiary/aromatic N) is 1. The second-order valence-corrected chi connectivity index (χ2v) is 6.94. The summed E-state index contributed by atoms with van der Waals surface area (Å²) in [5.74, 6) is 0.814. The summed E-state index contributed by atoms with van der Waals surface area (Å²) in [5, 5.41) is 2.54. The molecule has 0 aromatic heterocycles. The maximum atomic E-state index is 11.9. The Labute approximate surface area is 143 Å². The van der Waals surface area contributed by atoms with E-state index in [1.165, 1.54) is 18.9 Å². The Balaban J connectivity index is 1.81. The van der Waals surface area contributed by atoms with Crippen LogP contribution in [0.1, 0.15) is 5.56 Å². The van der Waals surface area contributed by atoms with Crippen LogP contribution in [-0.4, -0.2) is 47.6 Å². The topological polar surface area (TPSA) is 77.0 Å². The molecule has 124 valence electrons. The Hall–Kier alpha value is -1.67. The number of amides is 1. The molecule has 0 saturated heterocycles. The fraction of sp³-hybridized carbons (Fsp3) is 0.400. The van der Waals surface area contributed by atoms with Gasteiger partial charge in [0.05, 0.1) is 13.7 Å². The number of rotatable bonds is 6. The summed E-state index contributed by atoms with van der Waals surface area (Å²) < 4.78 is 10.8. The minimum absolute atomic E-state index is 0.149. The van der Waals surface area contributed by atoms with Crippen LogP contribution in [0.15, 0.2) is 35.3 Å². The van der Waals surface area contributed by atoms with Crippen molar-refractivity contribution in [2.45, 2.75) is 12.6 Å². The smallest absolute Gasteiger partial charge is 0.408 e. The fourth-order valence-electron chi connectivity index (χ4n) is 1.78. The van der Waals surface area contributed by atoms with Crippen LogP contribution in [0.3, 0.4) is 0 Å². The van der Waals surface area contributed by atoms with E-state index in [4.69, 9.17) is 9.47 Å². The number of benzene rings is 1. The first-order valence-corrected chi connectivity index (χ1v) is 9.01. The summed E-state index contributed by atoms with van der Waals surface area (Å²) >= 11 is 3.08. The number of hydrogen-bond donors (Lipinski definition) is 1. The van der Waals surface area contributed by atoms with E-state index in [0.717, 1.165) is 22.2 Å². The van der Waals surface area contributed by atoms with Crippen molar-refractivity contribution >= 4 is 40.0 Å². The van der Waals surface area contributed by atoms with Crippen molar-refractivity contribution in [1.29, 1.82) is 0 Å². The van der Waals surface area contributed by atoms with Crippen LogP contribution in [0.2, 0.25) is 0 Å². The maximum absolute atomic E-state index is 11.9. The molecular weight excluding hydrogens is 336 g/mol. The molecule has 1 aliphatic heterocycles. The third kappa shape index (κ3) is 6.15. The highest BCUT2D eigenvalue weighted by Gasteiger charge is 2.23. The maximum Gasteiger partial charge on any atom is 0.408 e. The van der Waals surface area contributed by atoms with Gasteiger partial charge in [-0.05, 0) is 5.56 Å². The number of thioether (sulfide) groups is 2. The molecule has 0 fully saturated rings. The van der Waals surface area contributed by atoms with Gasteiger partial charge in [0.2, 0.25) is 0 Å². The van der Waals surface area contributed by atoms with Gasteiger partial charge in [-0.3, -0.25) is 4.99 Å². The molecule has 6 nitrogen and oxygen atoms in total. The summed E-state index contributed by atoms with van der Waals surface area (Å²) in [6.45, 7) is 0.943. The van der Waals surface area contributed by atoms with Gasteiger partial charge in [0.25, 0.3) is 0 Å². The Kier molecular flexibility index (Phi) is 7.28. The fourth-order valence-corrected chi connectivity index (χ4v) is 3.81. The summed E-state index contributed by atoms with van der Waals surface area (Å²) in [6, 6.07) is 8.57. The van der Waals surface area contributed by atoms with Crippen molar-refractivity contribution in [3.05, 3.63) is 35.9 Å². The molecule has 0 bridgehead atoms. The van der Waals surface area contributed by atoms with Gasteiger partial charge in [0.1, 0.15) is 17.0 Å². The number of nitrogens with one attached hydrogen (secondary N) is 1. The molecule has 1 heterocycles. The predicted octanol–water partition coefficient (Wildman–Crippen LogP) is 2.29.